The van der Waals surface area contributed by atoms with E-state index >= 15 is 0 Å². The molecule has 0 aliphatic rings. The van der Waals surface area contributed by atoms with Crippen molar-refractivity contribution in [1.29, 1.82) is 0 Å². The van der Waals surface area contributed by atoms with E-state index in [4.69, 9.17) is 14.9 Å². The molecule has 2 N–H and O–H groups in total. The summed E-state index contributed by atoms with van der Waals surface area (Å²) in [5, 5.41) is 0. The largest absolute Gasteiger partial charge is 0.468 e. The van der Waals surface area contributed by atoms with Crippen LogP contribution in [-0.4, -0.2) is 23.6 Å². The van der Waals surface area contributed by atoms with Gasteiger partial charge >= 0.3 is 5.97 Å². The number of benzene rings is 1. The Labute approximate surface area is 137 Å². The summed E-state index contributed by atoms with van der Waals surface area (Å²) in [6.45, 7) is 3.87. The third-order valence-corrected chi connectivity index (χ3v) is 4.08. The van der Waals surface area contributed by atoms with Crippen LogP contribution in [-0.2, 0) is 22.4 Å². The lowest BCUT2D eigenvalue weighted by Crippen LogP contribution is -2.46. The lowest BCUT2D eigenvalue weighted by molar-refractivity contribution is -0.146. The first-order valence-electron chi connectivity index (χ1n) is 8.22. The summed E-state index contributed by atoms with van der Waals surface area (Å²) < 4.78 is 10.5. The Morgan fingerprint density at radius 2 is 2.13 bits per heavy atom. The van der Waals surface area contributed by atoms with Gasteiger partial charge in [-0.25, -0.2) is 4.98 Å². The number of carbonyl (C=O) groups is 1. The van der Waals surface area contributed by atoms with Crippen LogP contribution in [0.2, 0.25) is 0 Å². The van der Waals surface area contributed by atoms with Crippen molar-refractivity contribution in [3.63, 3.8) is 0 Å². The molecule has 0 fully saturated rings. The van der Waals surface area contributed by atoms with Crippen molar-refractivity contribution in [2.24, 2.45) is 5.73 Å². The smallest absolute Gasteiger partial charge is 0.325 e. The van der Waals surface area contributed by atoms with Gasteiger partial charge in [0.2, 0.25) is 0 Å². The molecular weight excluding hydrogens is 292 g/mol. The summed E-state index contributed by atoms with van der Waals surface area (Å²) in [7, 11) is 1.36. The van der Waals surface area contributed by atoms with Crippen molar-refractivity contribution in [1.82, 2.24) is 4.98 Å². The molecule has 0 saturated carbocycles. The maximum atomic E-state index is 11.6. The molecular formula is C18H26N2O3. The Balaban J connectivity index is 2.03. The first kappa shape index (κ1) is 17.5. The number of fused-ring (bicyclic) bond motifs is 1. The fourth-order valence-corrected chi connectivity index (χ4v) is 2.55. The van der Waals surface area contributed by atoms with E-state index in [2.05, 4.69) is 11.9 Å². The molecule has 0 bridgehead atoms. The number of methoxy groups -OCH3 is 1. The number of ether oxygens (including phenoxy) is 1. The Morgan fingerprint density at radius 3 is 2.83 bits per heavy atom. The molecule has 23 heavy (non-hydrogen) atoms. The quantitative estimate of drug-likeness (QED) is 0.596. The Hall–Kier alpha value is -1.88. The number of aromatic nitrogens is 1. The van der Waals surface area contributed by atoms with Crippen molar-refractivity contribution in [2.45, 2.75) is 57.9 Å². The molecule has 1 heterocycles. The highest BCUT2D eigenvalue weighted by Gasteiger charge is 2.28. The first-order valence-corrected chi connectivity index (χ1v) is 8.22. The molecule has 0 aliphatic heterocycles. The number of rotatable bonds is 8. The van der Waals surface area contributed by atoms with Crippen molar-refractivity contribution in [2.75, 3.05) is 7.11 Å². The van der Waals surface area contributed by atoms with Gasteiger partial charge in [0.05, 0.1) is 7.11 Å². The SMILES string of the molecule is CCCCCc1nc2cc(CC[C@@](C)(N)C(=O)OC)ccc2o1. The van der Waals surface area contributed by atoms with Crippen LogP contribution in [0.5, 0.6) is 0 Å². The second kappa shape index (κ2) is 7.59. The predicted molar refractivity (Wildman–Crippen MR) is 90.2 cm³/mol. The van der Waals surface area contributed by atoms with Gasteiger partial charge in [-0.15, -0.1) is 0 Å². The number of unbranched alkanes of at least 4 members (excludes halogenated alkanes) is 2. The zero-order valence-electron chi connectivity index (χ0n) is 14.2. The number of carbonyl (C=O) groups excluding carboxylic acids is 1. The Bertz CT molecular complexity index is 661. The normalized spacial score (nSPS) is 13.9. The molecule has 0 saturated heterocycles. The molecule has 1 aromatic carbocycles. The summed E-state index contributed by atoms with van der Waals surface area (Å²) in [6, 6.07) is 5.94. The molecule has 0 aliphatic carbocycles. The van der Waals surface area contributed by atoms with Crippen LogP contribution in [0, 0.1) is 0 Å². The maximum absolute atomic E-state index is 11.6. The molecule has 126 valence electrons. The van der Waals surface area contributed by atoms with E-state index in [9.17, 15) is 4.79 Å². The van der Waals surface area contributed by atoms with Gasteiger partial charge in [-0.3, -0.25) is 4.79 Å². The minimum Gasteiger partial charge on any atom is -0.468 e. The summed E-state index contributed by atoms with van der Waals surface area (Å²) >= 11 is 0. The molecule has 0 radical (unpaired) electrons. The van der Waals surface area contributed by atoms with E-state index in [1.807, 2.05) is 18.2 Å². The molecule has 2 aromatic rings. The van der Waals surface area contributed by atoms with E-state index in [0.717, 1.165) is 35.4 Å². The standard InChI is InChI=1S/C18H26N2O3/c1-4-5-6-7-16-20-14-12-13(8-9-15(14)23-16)10-11-18(2,19)17(21)22-3/h8-9,12H,4-7,10-11,19H2,1-3H3/t18-/m1/s1. The van der Waals surface area contributed by atoms with Crippen LogP contribution >= 0.6 is 0 Å². The van der Waals surface area contributed by atoms with Crippen LogP contribution in [0.15, 0.2) is 22.6 Å². The van der Waals surface area contributed by atoms with Gasteiger partial charge in [0, 0.05) is 6.42 Å². The third kappa shape index (κ3) is 4.55. The molecule has 2 rings (SSSR count). The van der Waals surface area contributed by atoms with E-state index in [-0.39, 0.29) is 0 Å². The van der Waals surface area contributed by atoms with E-state index in [1.54, 1.807) is 6.92 Å². The van der Waals surface area contributed by atoms with E-state index in [1.165, 1.54) is 20.0 Å². The highest BCUT2D eigenvalue weighted by Crippen LogP contribution is 2.21. The zero-order chi connectivity index (χ0) is 16.9. The van der Waals surface area contributed by atoms with Gasteiger partial charge in [-0.1, -0.05) is 25.8 Å². The number of oxazole rings is 1. The molecule has 5 heteroatoms. The van der Waals surface area contributed by atoms with Crippen molar-refractivity contribution >= 4 is 17.1 Å². The predicted octanol–water partition coefficient (Wildman–Crippen LogP) is 3.38. The van der Waals surface area contributed by atoms with Crippen LogP contribution in [0.4, 0.5) is 0 Å². The summed E-state index contributed by atoms with van der Waals surface area (Å²) in [4.78, 5) is 16.2. The van der Waals surface area contributed by atoms with E-state index < -0.39 is 11.5 Å². The second-order valence-corrected chi connectivity index (χ2v) is 6.28. The fraction of sp³-hybridized carbons (Fsp3) is 0.556. The third-order valence-electron chi connectivity index (χ3n) is 4.08. The van der Waals surface area contributed by atoms with Crippen molar-refractivity contribution in [3.8, 4) is 0 Å². The highest BCUT2D eigenvalue weighted by molar-refractivity contribution is 5.80. The van der Waals surface area contributed by atoms with Crippen LogP contribution in [0.1, 0.15) is 51.0 Å². The fourth-order valence-electron chi connectivity index (χ4n) is 2.55. The Kier molecular flexibility index (Phi) is 5.77. The number of hydrogen-bond acceptors (Lipinski definition) is 5. The van der Waals surface area contributed by atoms with Crippen LogP contribution in [0.25, 0.3) is 11.1 Å². The van der Waals surface area contributed by atoms with Gasteiger partial charge < -0.3 is 14.9 Å². The topological polar surface area (TPSA) is 78.3 Å². The highest BCUT2D eigenvalue weighted by atomic mass is 16.5. The average Bonchev–Trinajstić information content (AvgIpc) is 2.94. The number of esters is 1. The zero-order valence-corrected chi connectivity index (χ0v) is 14.2. The second-order valence-electron chi connectivity index (χ2n) is 6.28. The monoisotopic (exact) mass is 318 g/mol. The average molecular weight is 318 g/mol. The number of nitrogens with zero attached hydrogens (tertiary/aromatic N) is 1. The molecule has 1 atom stereocenters. The lowest BCUT2D eigenvalue weighted by atomic mass is 9.94. The van der Waals surface area contributed by atoms with Crippen LogP contribution < -0.4 is 5.73 Å². The van der Waals surface area contributed by atoms with E-state index in [0.29, 0.717) is 12.8 Å². The molecule has 1 aromatic heterocycles. The minimum absolute atomic E-state index is 0.391. The van der Waals surface area contributed by atoms with Crippen molar-refractivity contribution < 1.29 is 13.9 Å². The number of nitrogens with two attached hydrogens (primary N) is 1. The summed E-state index contributed by atoms with van der Waals surface area (Å²) in [5.74, 6) is 0.405. The Morgan fingerprint density at radius 1 is 1.35 bits per heavy atom. The number of aryl methyl sites for hydroxylation is 2. The number of hydrogen-bond donors (Lipinski definition) is 1. The molecule has 0 amide bonds. The molecule has 5 nitrogen and oxygen atoms in total. The summed E-state index contributed by atoms with van der Waals surface area (Å²) in [6.07, 6.45) is 5.55. The minimum atomic E-state index is -0.973. The lowest BCUT2D eigenvalue weighted by Gasteiger charge is -2.21. The van der Waals surface area contributed by atoms with Gasteiger partial charge in [0.1, 0.15) is 11.1 Å². The maximum Gasteiger partial charge on any atom is 0.325 e. The molecule has 0 unspecified atom stereocenters. The summed E-state index contributed by atoms with van der Waals surface area (Å²) in [5.41, 5.74) is 7.79. The van der Waals surface area contributed by atoms with Crippen LogP contribution in [0.3, 0.4) is 0 Å². The van der Waals surface area contributed by atoms with Gasteiger partial charge in [0.25, 0.3) is 0 Å². The van der Waals surface area contributed by atoms with Gasteiger partial charge in [0.15, 0.2) is 11.5 Å². The molecule has 0 spiro atoms. The van der Waals surface area contributed by atoms with Crippen molar-refractivity contribution in [3.05, 3.63) is 29.7 Å². The van der Waals surface area contributed by atoms with Gasteiger partial charge in [-0.05, 0) is 43.9 Å². The first-order chi connectivity index (χ1) is 11.0. The van der Waals surface area contributed by atoms with Gasteiger partial charge in [-0.2, -0.15) is 0 Å².